The largest absolute Gasteiger partial charge is 0.481 e. The van der Waals surface area contributed by atoms with Gasteiger partial charge in [0.2, 0.25) is 0 Å². The summed E-state index contributed by atoms with van der Waals surface area (Å²) in [5, 5.41) is 8.49. The van der Waals surface area contributed by atoms with Crippen LogP contribution >= 0.6 is 45.2 Å². The summed E-state index contributed by atoms with van der Waals surface area (Å²) in [5.41, 5.74) is 0. The van der Waals surface area contributed by atoms with Crippen LogP contribution in [0.1, 0.15) is 98.2 Å². The van der Waals surface area contributed by atoms with Gasteiger partial charge in [0.15, 0.2) is 0 Å². The summed E-state index contributed by atoms with van der Waals surface area (Å²) in [5.74, 6) is -0.655. The van der Waals surface area contributed by atoms with E-state index < -0.39 is 5.97 Å². The number of hydrogen-bond donors (Lipinski definition) is 1. The highest BCUT2D eigenvalue weighted by atomic mass is 127. The second-order valence-corrected chi connectivity index (χ2v) is 9.93. The van der Waals surface area contributed by atoms with Crippen LogP contribution in [0.15, 0.2) is 0 Å². The molecule has 0 bridgehead atoms. The number of carboxylic acid groups (broad SMARTS) is 1. The Kier molecular flexibility index (Phi) is 26.7. The van der Waals surface area contributed by atoms with Crippen molar-refractivity contribution >= 4 is 51.2 Å². The summed E-state index contributed by atoms with van der Waals surface area (Å²) in [7, 11) is 0. The van der Waals surface area contributed by atoms with Crippen LogP contribution in [0.3, 0.4) is 0 Å². The molecule has 0 aromatic heterocycles. The average molecular weight is 526 g/mol. The monoisotopic (exact) mass is 526 g/mol. The van der Waals surface area contributed by atoms with Gasteiger partial charge < -0.3 is 5.11 Å². The molecule has 0 unspecified atom stereocenters. The molecule has 0 amide bonds. The van der Waals surface area contributed by atoms with Crippen LogP contribution < -0.4 is 0 Å². The predicted octanol–water partition coefficient (Wildman–Crippen LogP) is 7.61. The lowest BCUT2D eigenvalue weighted by Gasteiger charge is -2.02. The molecule has 0 aliphatic heterocycles. The smallest absolute Gasteiger partial charge is 0.303 e. The Morgan fingerprint density at radius 1 is 0.762 bits per heavy atom. The molecule has 0 atom stereocenters. The van der Waals surface area contributed by atoms with Crippen molar-refractivity contribution in [3.63, 3.8) is 0 Å². The number of unbranched alkanes of at least 4 members (excludes halogenated alkanes) is 12. The third kappa shape index (κ3) is 29.6. The number of hydrogen-bond acceptors (Lipinski definition) is 1. The van der Waals surface area contributed by atoms with Crippen LogP contribution in [0.25, 0.3) is 0 Å². The van der Waals surface area contributed by atoms with Crippen molar-refractivity contribution in [2.45, 2.75) is 96.8 Å². The van der Waals surface area contributed by atoms with Gasteiger partial charge in [-0.1, -0.05) is 129 Å². The number of rotatable bonds is 14. The van der Waals surface area contributed by atoms with Crippen molar-refractivity contribution in [1.82, 2.24) is 0 Å². The van der Waals surface area contributed by atoms with Crippen molar-refractivity contribution in [2.75, 3.05) is 2.43 Å². The highest BCUT2D eigenvalue weighted by Crippen LogP contribution is 2.12. The highest BCUT2D eigenvalue weighted by Gasteiger charge is 1.96. The Bertz CT molecular complexity index is 205. The first-order valence-electron chi connectivity index (χ1n) is 8.52. The number of halogens is 2. The number of carbonyl (C=O) groups is 1. The van der Waals surface area contributed by atoms with E-state index in [-0.39, 0.29) is 1.43 Å². The highest BCUT2D eigenvalue weighted by molar-refractivity contribution is 14.2. The van der Waals surface area contributed by atoms with Crippen molar-refractivity contribution in [3.8, 4) is 0 Å². The third-order valence-electron chi connectivity index (χ3n) is 3.49. The van der Waals surface area contributed by atoms with Gasteiger partial charge in [-0.3, -0.25) is 4.79 Å². The van der Waals surface area contributed by atoms with Crippen molar-refractivity contribution in [2.24, 2.45) is 0 Å². The van der Waals surface area contributed by atoms with E-state index in [0.29, 0.717) is 6.42 Å². The number of carboxylic acids is 1. The molecule has 2 nitrogen and oxygen atoms in total. The maximum Gasteiger partial charge on any atom is 0.303 e. The molecule has 0 aliphatic carbocycles. The second kappa shape index (κ2) is 23.2. The molecule has 21 heavy (non-hydrogen) atoms. The fourth-order valence-corrected chi connectivity index (χ4v) is 2.29. The Labute approximate surface area is 161 Å². The fraction of sp³-hybridized carbons (Fsp3) is 0.941. The third-order valence-corrected chi connectivity index (χ3v) is 3.49. The summed E-state index contributed by atoms with van der Waals surface area (Å²) in [6, 6.07) is 0. The van der Waals surface area contributed by atoms with E-state index in [2.05, 4.69) is 52.1 Å². The van der Waals surface area contributed by atoms with Gasteiger partial charge in [-0.25, -0.2) is 0 Å². The van der Waals surface area contributed by atoms with E-state index in [9.17, 15) is 4.79 Å². The molecule has 4 heteroatoms. The maximum atomic E-state index is 10.3. The number of alkyl halides is 2. The summed E-state index contributed by atoms with van der Waals surface area (Å²) in [4.78, 5) is 10.3. The van der Waals surface area contributed by atoms with E-state index in [1.807, 2.05) is 0 Å². The lowest BCUT2D eigenvalue weighted by molar-refractivity contribution is -0.137. The summed E-state index contributed by atoms with van der Waals surface area (Å²) >= 11 is 4.55. The first-order chi connectivity index (χ1) is 10.2. The van der Waals surface area contributed by atoms with Gasteiger partial charge in [0.25, 0.3) is 0 Å². The van der Waals surface area contributed by atoms with Crippen LogP contribution in [0.4, 0.5) is 0 Å². The molecule has 0 spiro atoms. The number of aliphatic carboxylic acids is 1. The van der Waals surface area contributed by atoms with E-state index in [1.165, 1.54) is 73.1 Å². The Morgan fingerprint density at radius 3 is 1.33 bits per heavy atom. The van der Waals surface area contributed by atoms with Crippen LogP contribution in [0.5, 0.6) is 0 Å². The molecule has 1 N–H and O–H groups in total. The minimum absolute atomic E-state index is 0. The molecule has 0 saturated heterocycles. The zero-order chi connectivity index (χ0) is 16.2. The van der Waals surface area contributed by atoms with E-state index in [0.717, 1.165) is 12.8 Å². The zero-order valence-electron chi connectivity index (χ0n) is 13.7. The van der Waals surface area contributed by atoms with Gasteiger partial charge >= 0.3 is 5.97 Å². The molecule has 130 valence electrons. The molecule has 0 aliphatic rings. The van der Waals surface area contributed by atoms with Crippen molar-refractivity contribution in [1.29, 1.82) is 0 Å². The standard InChI is InChI=1S/C16H32O2.CH2I2.H2/c1-2-3-4-5-6-7-8-9-10-11-12-13-14-15-16(17)18;2-1-3;/h2-15H2,1H3,(H,17,18);1H2;1H. The molecular weight excluding hydrogens is 490 g/mol. The molecule has 0 heterocycles. The van der Waals surface area contributed by atoms with Crippen molar-refractivity contribution in [3.05, 3.63) is 0 Å². The van der Waals surface area contributed by atoms with Gasteiger partial charge in [0.05, 0.1) is 2.43 Å². The summed E-state index contributed by atoms with van der Waals surface area (Å²) in [6.45, 7) is 2.26. The topological polar surface area (TPSA) is 37.3 Å². The van der Waals surface area contributed by atoms with Gasteiger partial charge in [-0.05, 0) is 6.42 Å². The van der Waals surface area contributed by atoms with Gasteiger partial charge in [-0.2, -0.15) is 0 Å². The summed E-state index contributed by atoms with van der Waals surface area (Å²) < 4.78 is 1.19. The lowest BCUT2D eigenvalue weighted by atomic mass is 10.0. The molecule has 0 rings (SSSR count). The van der Waals surface area contributed by atoms with Crippen LogP contribution in [-0.4, -0.2) is 13.5 Å². The van der Waals surface area contributed by atoms with Crippen LogP contribution in [0, 0.1) is 0 Å². The Hall–Kier alpha value is 0.930. The van der Waals surface area contributed by atoms with Crippen LogP contribution in [-0.2, 0) is 4.79 Å². The van der Waals surface area contributed by atoms with Gasteiger partial charge in [0.1, 0.15) is 0 Å². The van der Waals surface area contributed by atoms with Gasteiger partial charge in [-0.15, -0.1) is 0 Å². The zero-order valence-corrected chi connectivity index (χ0v) is 18.0. The molecule has 0 aromatic rings. The Morgan fingerprint density at radius 2 is 1.05 bits per heavy atom. The van der Waals surface area contributed by atoms with Crippen LogP contribution in [0.2, 0.25) is 0 Å². The lowest BCUT2D eigenvalue weighted by Crippen LogP contribution is -1.93. The van der Waals surface area contributed by atoms with E-state index >= 15 is 0 Å². The van der Waals surface area contributed by atoms with Crippen molar-refractivity contribution < 1.29 is 11.3 Å². The van der Waals surface area contributed by atoms with E-state index in [4.69, 9.17) is 5.11 Å². The second-order valence-electron chi connectivity index (χ2n) is 5.49. The first-order valence-corrected chi connectivity index (χ1v) is 11.6. The quantitative estimate of drug-likeness (QED) is 0.144. The van der Waals surface area contributed by atoms with Gasteiger partial charge in [0, 0.05) is 7.85 Å². The summed E-state index contributed by atoms with van der Waals surface area (Å²) in [6.07, 6.45) is 17.3. The normalized spacial score (nSPS) is 10.0. The fourth-order valence-electron chi connectivity index (χ4n) is 2.29. The first kappa shape index (κ1) is 24.2. The molecule has 0 radical (unpaired) electrons. The molecule has 0 aromatic carbocycles. The molecule has 0 saturated carbocycles. The minimum Gasteiger partial charge on any atom is -0.481 e. The average Bonchev–Trinajstić information content (AvgIpc) is 2.44. The molecule has 0 fully saturated rings. The molecular formula is C17H36I2O2. The predicted molar refractivity (Wildman–Crippen MR) is 113 cm³/mol. The Balaban J connectivity index is -0.000000827. The maximum absolute atomic E-state index is 10.3. The minimum atomic E-state index is -0.655. The van der Waals surface area contributed by atoms with E-state index in [1.54, 1.807) is 0 Å². The SMILES string of the molecule is CCCCCCCCCCCCCCCC(=O)O.ICI.[HH].